The summed E-state index contributed by atoms with van der Waals surface area (Å²) in [5.41, 5.74) is 2.05. The van der Waals surface area contributed by atoms with Crippen molar-refractivity contribution in [2.75, 3.05) is 13.7 Å². The Hall–Kier alpha value is -1.94. The van der Waals surface area contributed by atoms with Crippen LogP contribution in [0, 0.1) is 5.82 Å². The number of nitrogens with one attached hydrogen (secondary N) is 1. The molecule has 0 spiro atoms. The van der Waals surface area contributed by atoms with Gasteiger partial charge in [0.25, 0.3) is 0 Å². The lowest BCUT2D eigenvalue weighted by Gasteiger charge is -2.19. The molecule has 2 aromatic rings. The lowest BCUT2D eigenvalue weighted by molar-refractivity contribution is 0.385. The third kappa shape index (κ3) is 4.26. The Balaban J connectivity index is 2.20. The van der Waals surface area contributed by atoms with E-state index in [0.29, 0.717) is 0 Å². The quantitative estimate of drug-likeness (QED) is 0.846. The summed E-state index contributed by atoms with van der Waals surface area (Å²) < 4.78 is 18.9. The predicted molar refractivity (Wildman–Crippen MR) is 81.9 cm³/mol. The lowest BCUT2D eigenvalue weighted by Crippen LogP contribution is -2.24. The van der Waals surface area contributed by atoms with Gasteiger partial charge in [-0.25, -0.2) is 4.39 Å². The molecule has 0 aliphatic carbocycles. The van der Waals surface area contributed by atoms with Crippen molar-refractivity contribution in [1.82, 2.24) is 10.3 Å². The summed E-state index contributed by atoms with van der Waals surface area (Å²) in [5, 5.41) is 3.46. The number of benzene rings is 1. The number of halogens is 1. The van der Waals surface area contributed by atoms with Crippen molar-refractivity contribution < 1.29 is 9.13 Å². The zero-order valence-corrected chi connectivity index (χ0v) is 12.5. The molecule has 0 aliphatic heterocycles. The van der Waals surface area contributed by atoms with Gasteiger partial charge in [0.05, 0.1) is 7.11 Å². The summed E-state index contributed by atoms with van der Waals surface area (Å²) in [5.74, 6) is -0.0566. The van der Waals surface area contributed by atoms with E-state index in [-0.39, 0.29) is 17.6 Å². The highest BCUT2D eigenvalue weighted by Crippen LogP contribution is 2.24. The molecule has 2 rings (SSSR count). The monoisotopic (exact) mass is 288 g/mol. The first kappa shape index (κ1) is 15.4. The zero-order valence-electron chi connectivity index (χ0n) is 12.5. The Labute approximate surface area is 125 Å². The fourth-order valence-corrected chi connectivity index (χ4v) is 2.28. The van der Waals surface area contributed by atoms with E-state index in [4.69, 9.17) is 4.74 Å². The van der Waals surface area contributed by atoms with Gasteiger partial charge in [0.1, 0.15) is 0 Å². The average Bonchev–Trinajstić information content (AvgIpc) is 2.52. The number of aromatic nitrogens is 1. The molecule has 1 unspecified atom stereocenters. The van der Waals surface area contributed by atoms with Gasteiger partial charge in [-0.05, 0) is 48.7 Å². The molecule has 0 amide bonds. The van der Waals surface area contributed by atoms with Crippen LogP contribution in [-0.4, -0.2) is 18.6 Å². The summed E-state index contributed by atoms with van der Waals surface area (Å²) in [6.07, 6.45) is 5.41. The van der Waals surface area contributed by atoms with E-state index in [1.165, 1.54) is 7.11 Å². The van der Waals surface area contributed by atoms with Crippen LogP contribution in [-0.2, 0) is 6.42 Å². The van der Waals surface area contributed by atoms with Crippen molar-refractivity contribution in [3.63, 3.8) is 0 Å². The second kappa shape index (κ2) is 7.74. The third-order valence-corrected chi connectivity index (χ3v) is 3.38. The van der Waals surface area contributed by atoms with E-state index in [2.05, 4.69) is 17.2 Å². The first-order valence-corrected chi connectivity index (χ1v) is 7.20. The molecule has 0 saturated heterocycles. The summed E-state index contributed by atoms with van der Waals surface area (Å²) >= 11 is 0. The van der Waals surface area contributed by atoms with Crippen LogP contribution in [0.4, 0.5) is 4.39 Å². The van der Waals surface area contributed by atoms with Gasteiger partial charge in [-0.3, -0.25) is 4.98 Å². The van der Waals surface area contributed by atoms with E-state index in [1.54, 1.807) is 18.3 Å². The molecule has 1 aromatic heterocycles. The molecule has 0 saturated carbocycles. The molecule has 0 bridgehead atoms. The molecule has 1 N–H and O–H groups in total. The minimum atomic E-state index is -0.329. The number of pyridine rings is 1. The maximum absolute atomic E-state index is 13.9. The van der Waals surface area contributed by atoms with Crippen LogP contribution in [0.15, 0.2) is 42.7 Å². The SMILES string of the molecule is CCCNC(Cc1cccnc1)c1ccc(OC)c(F)c1. The van der Waals surface area contributed by atoms with Gasteiger partial charge in [0.15, 0.2) is 11.6 Å². The topological polar surface area (TPSA) is 34.2 Å². The smallest absolute Gasteiger partial charge is 0.165 e. The molecule has 1 heterocycles. The number of rotatable bonds is 7. The average molecular weight is 288 g/mol. The summed E-state index contributed by atoms with van der Waals surface area (Å²) in [6, 6.07) is 9.14. The normalized spacial score (nSPS) is 12.1. The van der Waals surface area contributed by atoms with Crippen molar-refractivity contribution in [3.8, 4) is 5.75 Å². The third-order valence-electron chi connectivity index (χ3n) is 3.38. The molecular formula is C17H21FN2O. The zero-order chi connectivity index (χ0) is 15.1. The predicted octanol–water partition coefficient (Wildman–Crippen LogP) is 3.51. The Kier molecular flexibility index (Phi) is 5.69. The highest BCUT2D eigenvalue weighted by atomic mass is 19.1. The summed E-state index contributed by atoms with van der Waals surface area (Å²) in [6.45, 7) is 3.00. The summed E-state index contributed by atoms with van der Waals surface area (Å²) in [4.78, 5) is 4.13. The minimum Gasteiger partial charge on any atom is -0.494 e. The lowest BCUT2D eigenvalue weighted by atomic mass is 9.99. The van der Waals surface area contributed by atoms with Gasteiger partial charge in [-0.15, -0.1) is 0 Å². The van der Waals surface area contributed by atoms with Crippen molar-refractivity contribution in [2.24, 2.45) is 0 Å². The number of nitrogens with zero attached hydrogens (tertiary/aromatic N) is 1. The molecule has 112 valence electrons. The first-order chi connectivity index (χ1) is 10.2. The highest BCUT2D eigenvalue weighted by Gasteiger charge is 2.14. The fraction of sp³-hybridized carbons (Fsp3) is 0.353. The number of hydrogen-bond acceptors (Lipinski definition) is 3. The molecule has 1 atom stereocenters. The minimum absolute atomic E-state index is 0.0644. The molecule has 21 heavy (non-hydrogen) atoms. The Morgan fingerprint density at radius 2 is 2.19 bits per heavy atom. The van der Waals surface area contributed by atoms with Crippen LogP contribution in [0.1, 0.15) is 30.5 Å². The molecule has 0 fully saturated rings. The number of ether oxygens (including phenoxy) is 1. The van der Waals surface area contributed by atoms with Gasteiger partial charge >= 0.3 is 0 Å². The fourth-order valence-electron chi connectivity index (χ4n) is 2.28. The second-order valence-corrected chi connectivity index (χ2v) is 4.97. The van der Waals surface area contributed by atoms with Gasteiger partial charge in [-0.1, -0.05) is 19.1 Å². The first-order valence-electron chi connectivity index (χ1n) is 7.20. The largest absolute Gasteiger partial charge is 0.494 e. The van der Waals surface area contributed by atoms with E-state index in [1.807, 2.05) is 24.4 Å². The van der Waals surface area contributed by atoms with E-state index >= 15 is 0 Å². The van der Waals surface area contributed by atoms with E-state index in [9.17, 15) is 4.39 Å². The van der Waals surface area contributed by atoms with Crippen molar-refractivity contribution in [2.45, 2.75) is 25.8 Å². The number of hydrogen-bond donors (Lipinski definition) is 1. The molecule has 0 radical (unpaired) electrons. The Morgan fingerprint density at radius 3 is 2.81 bits per heavy atom. The Bertz CT molecular complexity index is 560. The Morgan fingerprint density at radius 1 is 1.33 bits per heavy atom. The van der Waals surface area contributed by atoms with Crippen LogP contribution < -0.4 is 10.1 Å². The van der Waals surface area contributed by atoms with Crippen LogP contribution in [0.5, 0.6) is 5.75 Å². The van der Waals surface area contributed by atoms with E-state index in [0.717, 1.165) is 30.5 Å². The maximum Gasteiger partial charge on any atom is 0.165 e. The van der Waals surface area contributed by atoms with Crippen LogP contribution in [0.3, 0.4) is 0 Å². The molecule has 3 nitrogen and oxygen atoms in total. The van der Waals surface area contributed by atoms with E-state index < -0.39 is 0 Å². The molecular weight excluding hydrogens is 267 g/mol. The van der Waals surface area contributed by atoms with Gasteiger partial charge < -0.3 is 10.1 Å². The maximum atomic E-state index is 13.9. The van der Waals surface area contributed by atoms with Crippen LogP contribution >= 0.6 is 0 Å². The van der Waals surface area contributed by atoms with Crippen molar-refractivity contribution in [1.29, 1.82) is 0 Å². The summed E-state index contributed by atoms with van der Waals surface area (Å²) in [7, 11) is 1.47. The van der Waals surface area contributed by atoms with Gasteiger partial charge in [0.2, 0.25) is 0 Å². The van der Waals surface area contributed by atoms with Crippen LogP contribution in [0.2, 0.25) is 0 Å². The van der Waals surface area contributed by atoms with Gasteiger partial charge in [0, 0.05) is 18.4 Å². The van der Waals surface area contributed by atoms with Crippen molar-refractivity contribution >= 4 is 0 Å². The van der Waals surface area contributed by atoms with Crippen LogP contribution in [0.25, 0.3) is 0 Å². The molecule has 1 aromatic carbocycles. The molecule has 4 heteroatoms. The second-order valence-electron chi connectivity index (χ2n) is 4.97. The standard InChI is InChI=1S/C17H21FN2O/c1-3-8-20-16(10-13-5-4-9-19-12-13)14-6-7-17(21-2)15(18)11-14/h4-7,9,11-12,16,20H,3,8,10H2,1-2H3. The molecule has 0 aliphatic rings. The number of methoxy groups -OCH3 is 1. The van der Waals surface area contributed by atoms with Gasteiger partial charge in [-0.2, -0.15) is 0 Å². The highest BCUT2D eigenvalue weighted by molar-refractivity contribution is 5.32. The van der Waals surface area contributed by atoms with Crippen molar-refractivity contribution in [3.05, 3.63) is 59.7 Å².